The Hall–Kier alpha value is -2.53. The summed E-state index contributed by atoms with van der Waals surface area (Å²) in [7, 11) is 1.77. The maximum Gasteiger partial charge on any atom is 0.191 e. The van der Waals surface area contributed by atoms with Crippen molar-refractivity contribution in [2.75, 3.05) is 13.6 Å². The van der Waals surface area contributed by atoms with E-state index in [-0.39, 0.29) is 0 Å². The van der Waals surface area contributed by atoms with Gasteiger partial charge in [-0.05, 0) is 36.2 Å². The van der Waals surface area contributed by atoms with Crippen LogP contribution in [-0.2, 0) is 13.0 Å². The summed E-state index contributed by atoms with van der Waals surface area (Å²) in [6.07, 6.45) is 4.94. The number of aryl methyl sites for hydroxylation is 1. The van der Waals surface area contributed by atoms with Crippen molar-refractivity contribution in [2.24, 2.45) is 4.99 Å². The fourth-order valence-corrected chi connectivity index (χ4v) is 2.77. The second-order valence-electron chi connectivity index (χ2n) is 5.88. The molecule has 0 bridgehead atoms. The van der Waals surface area contributed by atoms with Crippen LogP contribution in [0.3, 0.4) is 0 Å². The van der Waals surface area contributed by atoms with Gasteiger partial charge in [0.2, 0.25) is 0 Å². The van der Waals surface area contributed by atoms with Crippen molar-refractivity contribution in [3.63, 3.8) is 0 Å². The van der Waals surface area contributed by atoms with Gasteiger partial charge in [-0.15, -0.1) is 0 Å². The van der Waals surface area contributed by atoms with Gasteiger partial charge in [-0.1, -0.05) is 29.8 Å². The number of imidazole rings is 1. The van der Waals surface area contributed by atoms with Crippen LogP contribution in [0.25, 0.3) is 5.65 Å². The summed E-state index contributed by atoms with van der Waals surface area (Å²) in [6, 6.07) is 11.9. The molecule has 0 aliphatic heterocycles. The van der Waals surface area contributed by atoms with Gasteiger partial charge in [-0.3, -0.25) is 4.99 Å². The van der Waals surface area contributed by atoms with Crippen LogP contribution >= 0.6 is 11.6 Å². The van der Waals surface area contributed by atoms with E-state index in [1.165, 1.54) is 5.56 Å². The maximum atomic E-state index is 5.90. The highest BCUT2D eigenvalue weighted by Crippen LogP contribution is 2.10. The van der Waals surface area contributed by atoms with Crippen molar-refractivity contribution in [3.8, 4) is 0 Å². The van der Waals surface area contributed by atoms with E-state index in [1.54, 1.807) is 7.05 Å². The number of pyridine rings is 1. The number of nitrogens with zero attached hydrogens (tertiary/aromatic N) is 3. The van der Waals surface area contributed by atoms with Crippen LogP contribution < -0.4 is 10.6 Å². The molecule has 0 unspecified atom stereocenters. The van der Waals surface area contributed by atoms with Gasteiger partial charge >= 0.3 is 0 Å². The number of aliphatic imine (C=N–C) groups is 1. The summed E-state index contributed by atoms with van der Waals surface area (Å²) in [5, 5.41) is 7.36. The number of rotatable bonds is 5. The minimum Gasteiger partial charge on any atom is -0.356 e. The summed E-state index contributed by atoms with van der Waals surface area (Å²) in [4.78, 5) is 8.94. The van der Waals surface area contributed by atoms with Gasteiger partial charge < -0.3 is 15.0 Å². The SMILES string of the molecule is CN=C(NCCc1cn2cccc(C)c2n1)NCc1ccc(Cl)cc1. The smallest absolute Gasteiger partial charge is 0.191 e. The third kappa shape index (κ3) is 4.51. The number of fused-ring (bicyclic) bond motifs is 1. The molecule has 0 saturated carbocycles. The van der Waals surface area contributed by atoms with Crippen LogP contribution in [0.5, 0.6) is 0 Å². The molecule has 6 heteroatoms. The fourth-order valence-electron chi connectivity index (χ4n) is 2.64. The molecule has 0 radical (unpaired) electrons. The topological polar surface area (TPSA) is 53.7 Å². The van der Waals surface area contributed by atoms with Gasteiger partial charge in [-0.25, -0.2) is 4.98 Å². The van der Waals surface area contributed by atoms with E-state index in [4.69, 9.17) is 11.6 Å². The molecule has 5 nitrogen and oxygen atoms in total. The Kier molecular flexibility index (Phi) is 5.56. The highest BCUT2D eigenvalue weighted by molar-refractivity contribution is 6.30. The van der Waals surface area contributed by atoms with Crippen molar-refractivity contribution < 1.29 is 0 Å². The van der Waals surface area contributed by atoms with E-state index in [9.17, 15) is 0 Å². The van der Waals surface area contributed by atoms with Crippen LogP contribution in [0.2, 0.25) is 5.02 Å². The largest absolute Gasteiger partial charge is 0.356 e. The van der Waals surface area contributed by atoms with Gasteiger partial charge in [0, 0.05) is 44.0 Å². The Morgan fingerprint density at radius 2 is 2.00 bits per heavy atom. The van der Waals surface area contributed by atoms with Crippen LogP contribution in [0.4, 0.5) is 0 Å². The summed E-state index contributed by atoms with van der Waals surface area (Å²) < 4.78 is 2.07. The van der Waals surface area contributed by atoms with Crippen LogP contribution in [0, 0.1) is 6.92 Å². The highest BCUT2D eigenvalue weighted by Gasteiger charge is 2.04. The number of aromatic nitrogens is 2. The first-order chi connectivity index (χ1) is 12.2. The standard InChI is InChI=1S/C19H22ClN5/c1-14-4-3-11-25-13-17(24-18(14)25)9-10-22-19(21-2)23-12-15-5-7-16(20)8-6-15/h3-8,11,13H,9-10,12H2,1-2H3,(H2,21,22,23). The molecular formula is C19H22ClN5. The first-order valence-electron chi connectivity index (χ1n) is 8.28. The van der Waals surface area contributed by atoms with Crippen molar-refractivity contribution >= 4 is 23.2 Å². The second-order valence-corrected chi connectivity index (χ2v) is 6.32. The van der Waals surface area contributed by atoms with Crippen molar-refractivity contribution in [1.29, 1.82) is 0 Å². The number of nitrogens with one attached hydrogen (secondary N) is 2. The number of hydrogen-bond donors (Lipinski definition) is 2. The molecule has 3 rings (SSSR count). The molecule has 0 amide bonds. The fraction of sp³-hybridized carbons (Fsp3) is 0.263. The number of halogens is 1. The minimum absolute atomic E-state index is 0.699. The Balaban J connectivity index is 1.50. The van der Waals surface area contributed by atoms with Crippen LogP contribution in [-0.4, -0.2) is 28.9 Å². The van der Waals surface area contributed by atoms with Gasteiger partial charge in [0.15, 0.2) is 5.96 Å². The minimum atomic E-state index is 0.699. The number of guanidine groups is 1. The first-order valence-corrected chi connectivity index (χ1v) is 8.65. The third-order valence-electron chi connectivity index (χ3n) is 4.00. The molecule has 0 fully saturated rings. The molecule has 0 saturated heterocycles. The van der Waals surface area contributed by atoms with E-state index < -0.39 is 0 Å². The monoisotopic (exact) mass is 355 g/mol. The van der Waals surface area contributed by atoms with E-state index >= 15 is 0 Å². The maximum absolute atomic E-state index is 5.90. The molecule has 3 aromatic rings. The first kappa shape index (κ1) is 17.3. The van der Waals surface area contributed by atoms with E-state index in [0.717, 1.165) is 40.9 Å². The predicted molar refractivity (Wildman–Crippen MR) is 103 cm³/mol. The van der Waals surface area contributed by atoms with E-state index in [2.05, 4.69) is 44.2 Å². The summed E-state index contributed by atoms with van der Waals surface area (Å²) in [5.41, 5.74) is 4.42. The molecule has 0 atom stereocenters. The molecule has 2 N–H and O–H groups in total. The van der Waals surface area contributed by atoms with Crippen molar-refractivity contribution in [1.82, 2.24) is 20.0 Å². The lowest BCUT2D eigenvalue weighted by Gasteiger charge is -2.11. The molecule has 2 aromatic heterocycles. The normalized spacial score (nSPS) is 11.7. The van der Waals surface area contributed by atoms with Crippen LogP contribution in [0.15, 0.2) is 53.8 Å². The quantitative estimate of drug-likeness (QED) is 0.546. The molecular weight excluding hydrogens is 334 g/mol. The molecule has 0 aliphatic carbocycles. The summed E-state index contributed by atoms with van der Waals surface area (Å²) in [5.74, 6) is 0.773. The van der Waals surface area contributed by atoms with Gasteiger partial charge in [-0.2, -0.15) is 0 Å². The molecule has 0 aliphatic rings. The molecule has 2 heterocycles. The van der Waals surface area contributed by atoms with Gasteiger partial charge in [0.1, 0.15) is 5.65 Å². The van der Waals surface area contributed by atoms with E-state index in [0.29, 0.717) is 6.54 Å². The number of benzene rings is 1. The summed E-state index contributed by atoms with van der Waals surface area (Å²) >= 11 is 5.90. The third-order valence-corrected chi connectivity index (χ3v) is 4.25. The van der Waals surface area contributed by atoms with Crippen molar-refractivity contribution in [2.45, 2.75) is 19.9 Å². The van der Waals surface area contributed by atoms with Crippen LogP contribution in [0.1, 0.15) is 16.8 Å². The Morgan fingerprint density at radius 1 is 1.20 bits per heavy atom. The zero-order valence-electron chi connectivity index (χ0n) is 14.5. The van der Waals surface area contributed by atoms with Gasteiger partial charge in [0.25, 0.3) is 0 Å². The lowest BCUT2D eigenvalue weighted by atomic mass is 10.2. The van der Waals surface area contributed by atoms with Crippen molar-refractivity contribution in [3.05, 3.63) is 70.6 Å². The Bertz CT molecular complexity index is 867. The lowest BCUT2D eigenvalue weighted by Crippen LogP contribution is -2.37. The second kappa shape index (κ2) is 8.03. The zero-order valence-corrected chi connectivity index (χ0v) is 15.2. The highest BCUT2D eigenvalue weighted by atomic mass is 35.5. The lowest BCUT2D eigenvalue weighted by molar-refractivity contribution is 0.787. The zero-order chi connectivity index (χ0) is 17.6. The number of hydrogen-bond acceptors (Lipinski definition) is 2. The predicted octanol–water partition coefficient (Wildman–Crippen LogP) is 3.20. The summed E-state index contributed by atoms with van der Waals surface area (Å²) in [6.45, 7) is 3.54. The van der Waals surface area contributed by atoms with E-state index in [1.807, 2.05) is 36.5 Å². The Morgan fingerprint density at radius 3 is 2.72 bits per heavy atom. The average Bonchev–Trinajstić information content (AvgIpc) is 3.04. The average molecular weight is 356 g/mol. The molecule has 130 valence electrons. The Labute approximate surface area is 152 Å². The molecule has 1 aromatic carbocycles. The molecule has 25 heavy (non-hydrogen) atoms. The van der Waals surface area contributed by atoms with Gasteiger partial charge in [0.05, 0.1) is 5.69 Å². The molecule has 0 spiro atoms.